The van der Waals surface area contributed by atoms with Crippen molar-refractivity contribution in [3.8, 4) is 0 Å². The van der Waals surface area contributed by atoms with Crippen molar-refractivity contribution in [1.82, 2.24) is 9.55 Å². The summed E-state index contributed by atoms with van der Waals surface area (Å²) in [6.45, 7) is 8.99. The van der Waals surface area contributed by atoms with E-state index in [9.17, 15) is 0 Å². The van der Waals surface area contributed by atoms with Gasteiger partial charge in [0.05, 0.1) is 17.6 Å². The smallest absolute Gasteiger partial charge is 0.206 e. The Balaban J connectivity index is 1.90. The lowest BCUT2D eigenvalue weighted by Gasteiger charge is -2.31. The number of hydrogen-bond donors (Lipinski definition) is 0. The van der Waals surface area contributed by atoms with Crippen molar-refractivity contribution in [2.24, 2.45) is 5.92 Å². The number of aromatic nitrogens is 2. The molecule has 0 N–H and O–H groups in total. The van der Waals surface area contributed by atoms with Gasteiger partial charge in [-0.3, -0.25) is 0 Å². The number of rotatable bonds is 5. The van der Waals surface area contributed by atoms with Crippen molar-refractivity contribution in [3.63, 3.8) is 0 Å². The van der Waals surface area contributed by atoms with E-state index >= 15 is 0 Å². The lowest BCUT2D eigenvalue weighted by atomic mass is 10.00. The van der Waals surface area contributed by atoms with Gasteiger partial charge in [-0.05, 0) is 37.8 Å². The summed E-state index contributed by atoms with van der Waals surface area (Å²) in [6.07, 6.45) is 2.52. The molecule has 3 rings (SSSR count). The largest absolute Gasteiger partial charge is 0.380 e. The molecule has 0 saturated carbocycles. The van der Waals surface area contributed by atoms with E-state index < -0.39 is 0 Å². The first-order valence-electron chi connectivity index (χ1n) is 8.07. The maximum atomic E-state index is 5.55. The van der Waals surface area contributed by atoms with Crippen LogP contribution in [0.2, 0.25) is 0 Å². The standard InChI is InChI=1S/C17H25N3O/c1-3-21-13-12-20-16-7-5-4-6-15(16)18-17(20)19-10-8-14(2)9-11-19/h4-7,14H,3,8-13H2,1-2H3. The molecular weight excluding hydrogens is 262 g/mol. The van der Waals surface area contributed by atoms with E-state index in [0.29, 0.717) is 0 Å². The van der Waals surface area contributed by atoms with Crippen molar-refractivity contribution >= 4 is 17.0 Å². The van der Waals surface area contributed by atoms with Crippen LogP contribution in [0.1, 0.15) is 26.7 Å². The molecule has 1 aromatic heterocycles. The van der Waals surface area contributed by atoms with Gasteiger partial charge in [0.25, 0.3) is 0 Å². The number of para-hydroxylation sites is 2. The van der Waals surface area contributed by atoms with Gasteiger partial charge in [0.2, 0.25) is 5.95 Å². The molecule has 1 aliphatic rings. The van der Waals surface area contributed by atoms with Crippen LogP contribution in [-0.2, 0) is 11.3 Å². The highest BCUT2D eigenvalue weighted by molar-refractivity contribution is 5.78. The highest BCUT2D eigenvalue weighted by Gasteiger charge is 2.21. The molecule has 4 heteroatoms. The van der Waals surface area contributed by atoms with Crippen LogP contribution in [-0.4, -0.2) is 35.9 Å². The fraction of sp³-hybridized carbons (Fsp3) is 0.588. The second-order valence-electron chi connectivity index (χ2n) is 5.92. The lowest BCUT2D eigenvalue weighted by molar-refractivity contribution is 0.140. The Hall–Kier alpha value is -1.55. The summed E-state index contributed by atoms with van der Waals surface area (Å²) in [6, 6.07) is 8.40. The molecule has 1 fully saturated rings. The predicted molar refractivity (Wildman–Crippen MR) is 86.8 cm³/mol. The Kier molecular flexibility index (Phi) is 4.44. The Labute approximate surface area is 126 Å². The average molecular weight is 287 g/mol. The first kappa shape index (κ1) is 14.4. The maximum Gasteiger partial charge on any atom is 0.206 e. The summed E-state index contributed by atoms with van der Waals surface area (Å²) in [5.74, 6) is 1.95. The zero-order valence-electron chi connectivity index (χ0n) is 13.1. The van der Waals surface area contributed by atoms with Gasteiger partial charge in [-0.15, -0.1) is 0 Å². The Morgan fingerprint density at radius 3 is 2.76 bits per heavy atom. The molecule has 0 atom stereocenters. The first-order chi connectivity index (χ1) is 10.3. The van der Waals surface area contributed by atoms with Gasteiger partial charge in [-0.1, -0.05) is 19.1 Å². The molecule has 1 saturated heterocycles. The van der Waals surface area contributed by atoms with Gasteiger partial charge in [0, 0.05) is 26.2 Å². The second-order valence-corrected chi connectivity index (χ2v) is 5.92. The minimum Gasteiger partial charge on any atom is -0.380 e. The summed E-state index contributed by atoms with van der Waals surface area (Å²) in [7, 11) is 0. The van der Waals surface area contributed by atoms with Gasteiger partial charge < -0.3 is 14.2 Å². The number of anilines is 1. The van der Waals surface area contributed by atoms with Crippen LogP contribution in [0.15, 0.2) is 24.3 Å². The number of fused-ring (bicyclic) bond motifs is 1. The molecule has 0 amide bonds. The molecule has 2 heterocycles. The SMILES string of the molecule is CCOCCn1c(N2CCC(C)CC2)nc2ccccc21. The monoisotopic (exact) mass is 287 g/mol. The van der Waals surface area contributed by atoms with E-state index in [2.05, 4.69) is 40.7 Å². The van der Waals surface area contributed by atoms with Gasteiger partial charge >= 0.3 is 0 Å². The highest BCUT2D eigenvalue weighted by Crippen LogP contribution is 2.26. The molecule has 1 aliphatic heterocycles. The number of benzene rings is 1. The number of nitrogens with zero attached hydrogens (tertiary/aromatic N) is 3. The van der Waals surface area contributed by atoms with Gasteiger partial charge in [0.1, 0.15) is 0 Å². The van der Waals surface area contributed by atoms with Gasteiger partial charge in [0.15, 0.2) is 0 Å². The Morgan fingerprint density at radius 1 is 1.24 bits per heavy atom. The number of hydrogen-bond acceptors (Lipinski definition) is 3. The zero-order chi connectivity index (χ0) is 14.7. The quantitative estimate of drug-likeness (QED) is 0.790. The van der Waals surface area contributed by atoms with Crippen LogP contribution in [0.25, 0.3) is 11.0 Å². The highest BCUT2D eigenvalue weighted by atomic mass is 16.5. The summed E-state index contributed by atoms with van der Waals surface area (Å²) >= 11 is 0. The minimum absolute atomic E-state index is 0.744. The maximum absolute atomic E-state index is 5.55. The molecule has 114 valence electrons. The van der Waals surface area contributed by atoms with Crippen LogP contribution in [0.4, 0.5) is 5.95 Å². The van der Waals surface area contributed by atoms with Crippen molar-refractivity contribution in [2.75, 3.05) is 31.2 Å². The van der Waals surface area contributed by atoms with E-state index in [4.69, 9.17) is 9.72 Å². The summed E-state index contributed by atoms with van der Waals surface area (Å²) < 4.78 is 7.87. The van der Waals surface area contributed by atoms with E-state index in [-0.39, 0.29) is 0 Å². The molecule has 4 nitrogen and oxygen atoms in total. The second kappa shape index (κ2) is 6.48. The van der Waals surface area contributed by atoms with Gasteiger partial charge in [-0.2, -0.15) is 0 Å². The fourth-order valence-electron chi connectivity index (χ4n) is 3.03. The molecule has 1 aromatic carbocycles. The normalized spacial score (nSPS) is 16.8. The third-order valence-electron chi connectivity index (χ3n) is 4.36. The molecule has 0 bridgehead atoms. The van der Waals surface area contributed by atoms with Crippen LogP contribution in [0.3, 0.4) is 0 Å². The average Bonchev–Trinajstić information content (AvgIpc) is 2.87. The number of imidazole rings is 1. The third kappa shape index (κ3) is 3.05. The van der Waals surface area contributed by atoms with Crippen LogP contribution in [0.5, 0.6) is 0 Å². The Bertz CT molecular complexity index is 585. The number of piperidine rings is 1. The van der Waals surface area contributed by atoms with Crippen LogP contribution >= 0.6 is 0 Å². The van der Waals surface area contributed by atoms with Gasteiger partial charge in [-0.25, -0.2) is 4.98 Å². The van der Waals surface area contributed by atoms with E-state index in [0.717, 1.165) is 50.2 Å². The minimum atomic E-state index is 0.744. The molecule has 21 heavy (non-hydrogen) atoms. The lowest BCUT2D eigenvalue weighted by Crippen LogP contribution is -2.35. The molecule has 0 aliphatic carbocycles. The predicted octanol–water partition coefficient (Wildman–Crippen LogP) is 3.31. The Morgan fingerprint density at radius 2 is 2.00 bits per heavy atom. The summed E-state index contributed by atoms with van der Waals surface area (Å²) in [4.78, 5) is 7.31. The van der Waals surface area contributed by atoms with Crippen molar-refractivity contribution in [1.29, 1.82) is 0 Å². The topological polar surface area (TPSA) is 30.3 Å². The van der Waals surface area contributed by atoms with Crippen molar-refractivity contribution in [3.05, 3.63) is 24.3 Å². The van der Waals surface area contributed by atoms with E-state index in [1.54, 1.807) is 0 Å². The molecule has 0 unspecified atom stereocenters. The third-order valence-corrected chi connectivity index (χ3v) is 4.36. The molecular formula is C17H25N3O. The van der Waals surface area contributed by atoms with Crippen LogP contribution < -0.4 is 4.90 Å². The summed E-state index contributed by atoms with van der Waals surface area (Å²) in [5, 5.41) is 0. The summed E-state index contributed by atoms with van der Waals surface area (Å²) in [5.41, 5.74) is 2.30. The molecule has 0 radical (unpaired) electrons. The first-order valence-corrected chi connectivity index (χ1v) is 8.07. The van der Waals surface area contributed by atoms with Crippen LogP contribution in [0, 0.1) is 5.92 Å². The number of ether oxygens (including phenoxy) is 1. The van der Waals surface area contributed by atoms with Crippen molar-refractivity contribution < 1.29 is 4.74 Å². The fourth-order valence-corrected chi connectivity index (χ4v) is 3.03. The van der Waals surface area contributed by atoms with Crippen molar-refractivity contribution in [2.45, 2.75) is 33.2 Å². The van der Waals surface area contributed by atoms with E-state index in [1.807, 2.05) is 6.92 Å². The van der Waals surface area contributed by atoms with E-state index in [1.165, 1.54) is 18.4 Å². The molecule has 2 aromatic rings. The molecule has 0 spiro atoms. The zero-order valence-corrected chi connectivity index (χ0v) is 13.1.